The lowest BCUT2D eigenvalue weighted by Gasteiger charge is -2.16. The van der Waals surface area contributed by atoms with Crippen LogP contribution in [0.15, 0.2) is 48.7 Å². The molecule has 0 spiro atoms. The number of pyridine rings is 1. The lowest BCUT2D eigenvalue weighted by atomic mass is 10.2. The molecule has 0 atom stereocenters. The van der Waals surface area contributed by atoms with Crippen molar-refractivity contribution in [2.75, 3.05) is 31.2 Å². The van der Waals surface area contributed by atoms with Gasteiger partial charge in [0.05, 0.1) is 17.9 Å². The smallest absolute Gasteiger partial charge is 0.238 e. The first-order chi connectivity index (χ1) is 10.1. The quantitative estimate of drug-likeness (QED) is 0.793. The fourth-order valence-corrected chi connectivity index (χ4v) is 1.98. The maximum atomic E-state index is 12.0. The Hall–Kier alpha value is -2.40. The van der Waals surface area contributed by atoms with Gasteiger partial charge in [0.25, 0.3) is 0 Å². The number of nitrogens with two attached hydrogens (primary N) is 1. The lowest BCUT2D eigenvalue weighted by molar-refractivity contribution is -0.117. The van der Waals surface area contributed by atoms with E-state index in [4.69, 9.17) is 5.73 Å². The largest absolute Gasteiger partial charge is 0.397 e. The zero-order valence-electron chi connectivity index (χ0n) is 12.1. The molecule has 0 saturated heterocycles. The molecule has 3 N–H and O–H groups in total. The Labute approximate surface area is 124 Å². The van der Waals surface area contributed by atoms with Gasteiger partial charge >= 0.3 is 0 Å². The van der Waals surface area contributed by atoms with Crippen LogP contribution in [0.3, 0.4) is 0 Å². The Bertz CT molecular complexity index is 586. The SMILES string of the molecule is CN(CCc1ccccn1)CC(=O)Nc1ccccc1N. The molecular formula is C16H20N4O. The van der Waals surface area contributed by atoms with Crippen molar-refractivity contribution in [3.8, 4) is 0 Å². The van der Waals surface area contributed by atoms with Gasteiger partial charge in [0.15, 0.2) is 0 Å². The van der Waals surface area contributed by atoms with E-state index >= 15 is 0 Å². The molecule has 1 heterocycles. The number of rotatable bonds is 6. The van der Waals surface area contributed by atoms with Crippen LogP contribution in [0.2, 0.25) is 0 Å². The number of hydrogen-bond donors (Lipinski definition) is 2. The molecule has 0 aliphatic rings. The van der Waals surface area contributed by atoms with Gasteiger partial charge in [-0.15, -0.1) is 0 Å². The van der Waals surface area contributed by atoms with Gasteiger partial charge < -0.3 is 11.1 Å². The number of amides is 1. The Morgan fingerprint density at radius 3 is 2.71 bits per heavy atom. The van der Waals surface area contributed by atoms with E-state index in [2.05, 4.69) is 10.3 Å². The van der Waals surface area contributed by atoms with Crippen molar-refractivity contribution < 1.29 is 4.79 Å². The number of nitrogens with one attached hydrogen (secondary N) is 1. The van der Waals surface area contributed by atoms with Crippen LogP contribution < -0.4 is 11.1 Å². The maximum absolute atomic E-state index is 12.0. The fraction of sp³-hybridized carbons (Fsp3) is 0.250. The summed E-state index contributed by atoms with van der Waals surface area (Å²) in [6, 6.07) is 13.1. The number of benzene rings is 1. The monoisotopic (exact) mass is 284 g/mol. The summed E-state index contributed by atoms with van der Waals surface area (Å²) in [5, 5.41) is 2.82. The van der Waals surface area contributed by atoms with E-state index < -0.39 is 0 Å². The number of anilines is 2. The van der Waals surface area contributed by atoms with E-state index in [-0.39, 0.29) is 5.91 Å². The first-order valence-electron chi connectivity index (χ1n) is 6.88. The highest BCUT2D eigenvalue weighted by atomic mass is 16.2. The predicted molar refractivity (Wildman–Crippen MR) is 84.9 cm³/mol. The zero-order chi connectivity index (χ0) is 15.1. The minimum Gasteiger partial charge on any atom is -0.397 e. The molecule has 0 aliphatic carbocycles. The van der Waals surface area contributed by atoms with Gasteiger partial charge in [0.2, 0.25) is 5.91 Å². The highest BCUT2D eigenvalue weighted by Gasteiger charge is 2.08. The molecular weight excluding hydrogens is 264 g/mol. The Morgan fingerprint density at radius 2 is 2.00 bits per heavy atom. The van der Waals surface area contributed by atoms with Crippen molar-refractivity contribution in [1.29, 1.82) is 0 Å². The van der Waals surface area contributed by atoms with E-state index in [0.717, 1.165) is 18.7 Å². The van der Waals surface area contributed by atoms with Gasteiger partial charge in [-0.3, -0.25) is 14.7 Å². The fourth-order valence-electron chi connectivity index (χ4n) is 1.98. The van der Waals surface area contributed by atoms with Gasteiger partial charge in [-0.25, -0.2) is 0 Å². The molecule has 0 bridgehead atoms. The van der Waals surface area contributed by atoms with Crippen LogP contribution >= 0.6 is 0 Å². The van der Waals surface area contributed by atoms with E-state index in [1.165, 1.54) is 0 Å². The molecule has 1 amide bonds. The second-order valence-electron chi connectivity index (χ2n) is 4.94. The number of carbonyl (C=O) groups is 1. The van der Waals surface area contributed by atoms with Crippen LogP contribution in [-0.2, 0) is 11.2 Å². The minimum absolute atomic E-state index is 0.0728. The van der Waals surface area contributed by atoms with Gasteiger partial charge in [-0.1, -0.05) is 18.2 Å². The average molecular weight is 284 g/mol. The number of hydrogen-bond acceptors (Lipinski definition) is 4. The number of para-hydroxylation sites is 2. The zero-order valence-corrected chi connectivity index (χ0v) is 12.1. The van der Waals surface area contributed by atoms with Crippen LogP contribution in [0.5, 0.6) is 0 Å². The van der Waals surface area contributed by atoms with Gasteiger partial charge in [0.1, 0.15) is 0 Å². The summed E-state index contributed by atoms with van der Waals surface area (Å²) < 4.78 is 0. The molecule has 110 valence electrons. The standard InChI is InChI=1S/C16H20N4O/c1-20(11-9-13-6-4-5-10-18-13)12-16(21)19-15-8-3-2-7-14(15)17/h2-8,10H,9,11-12,17H2,1H3,(H,19,21). The predicted octanol–water partition coefficient (Wildman–Crippen LogP) is 1.78. The molecule has 21 heavy (non-hydrogen) atoms. The lowest BCUT2D eigenvalue weighted by Crippen LogP contribution is -2.31. The second-order valence-corrected chi connectivity index (χ2v) is 4.94. The number of carbonyl (C=O) groups excluding carboxylic acids is 1. The van der Waals surface area contributed by atoms with Crippen molar-refractivity contribution in [1.82, 2.24) is 9.88 Å². The summed E-state index contributed by atoms with van der Waals surface area (Å²) in [4.78, 5) is 18.2. The molecule has 0 unspecified atom stereocenters. The van der Waals surface area contributed by atoms with Crippen LogP contribution in [0.4, 0.5) is 11.4 Å². The Morgan fingerprint density at radius 1 is 1.24 bits per heavy atom. The van der Waals surface area contributed by atoms with E-state index in [1.807, 2.05) is 42.3 Å². The summed E-state index contributed by atoms with van der Waals surface area (Å²) in [6.07, 6.45) is 2.60. The van der Waals surface area contributed by atoms with Crippen molar-refractivity contribution in [3.05, 3.63) is 54.4 Å². The van der Waals surface area contributed by atoms with Crippen LogP contribution in [0, 0.1) is 0 Å². The van der Waals surface area contributed by atoms with E-state index in [1.54, 1.807) is 18.3 Å². The maximum Gasteiger partial charge on any atom is 0.238 e. The first kappa shape index (κ1) is 15.0. The Kier molecular flexibility index (Phi) is 5.29. The molecule has 2 rings (SSSR count). The molecule has 0 radical (unpaired) electrons. The summed E-state index contributed by atoms with van der Waals surface area (Å²) in [5.74, 6) is -0.0728. The number of nitrogen functional groups attached to an aromatic ring is 1. The number of nitrogens with zero attached hydrogens (tertiary/aromatic N) is 2. The molecule has 5 nitrogen and oxygen atoms in total. The third kappa shape index (κ3) is 4.89. The molecule has 5 heteroatoms. The van der Waals surface area contributed by atoms with Gasteiger partial charge in [-0.2, -0.15) is 0 Å². The molecule has 0 saturated carbocycles. The van der Waals surface area contributed by atoms with E-state index in [0.29, 0.717) is 17.9 Å². The summed E-state index contributed by atoms with van der Waals surface area (Å²) in [7, 11) is 1.91. The third-order valence-electron chi connectivity index (χ3n) is 3.12. The van der Waals surface area contributed by atoms with Crippen LogP contribution in [0.1, 0.15) is 5.69 Å². The third-order valence-corrected chi connectivity index (χ3v) is 3.12. The minimum atomic E-state index is -0.0728. The molecule has 2 aromatic rings. The van der Waals surface area contributed by atoms with Crippen molar-refractivity contribution in [3.63, 3.8) is 0 Å². The molecule has 1 aromatic heterocycles. The number of likely N-dealkylation sites (N-methyl/N-ethyl adjacent to an activating group) is 1. The highest BCUT2D eigenvalue weighted by molar-refractivity contribution is 5.95. The summed E-state index contributed by atoms with van der Waals surface area (Å²) in [5.41, 5.74) is 8.05. The van der Waals surface area contributed by atoms with Crippen molar-refractivity contribution >= 4 is 17.3 Å². The average Bonchev–Trinajstić information content (AvgIpc) is 2.48. The summed E-state index contributed by atoms with van der Waals surface area (Å²) in [6.45, 7) is 1.09. The normalized spacial score (nSPS) is 10.6. The van der Waals surface area contributed by atoms with E-state index in [9.17, 15) is 4.79 Å². The molecule has 0 aliphatic heterocycles. The topological polar surface area (TPSA) is 71.2 Å². The Balaban J connectivity index is 1.78. The molecule has 0 fully saturated rings. The van der Waals surface area contributed by atoms with Crippen LogP contribution in [-0.4, -0.2) is 35.9 Å². The van der Waals surface area contributed by atoms with Gasteiger partial charge in [0, 0.05) is 24.9 Å². The second kappa shape index (κ2) is 7.40. The highest BCUT2D eigenvalue weighted by Crippen LogP contribution is 2.16. The van der Waals surface area contributed by atoms with Crippen molar-refractivity contribution in [2.45, 2.75) is 6.42 Å². The van der Waals surface area contributed by atoms with Crippen LogP contribution in [0.25, 0.3) is 0 Å². The first-order valence-corrected chi connectivity index (χ1v) is 6.88. The summed E-state index contributed by atoms with van der Waals surface area (Å²) >= 11 is 0. The number of aromatic nitrogens is 1. The van der Waals surface area contributed by atoms with Crippen molar-refractivity contribution in [2.24, 2.45) is 0 Å². The molecule has 1 aromatic carbocycles. The van der Waals surface area contributed by atoms with Gasteiger partial charge in [-0.05, 0) is 31.3 Å².